The molecular formula is C20H26N6. The molecule has 2 aromatic heterocycles. The highest BCUT2D eigenvalue weighted by Crippen LogP contribution is 2.28. The van der Waals surface area contributed by atoms with Gasteiger partial charge in [-0.2, -0.15) is 5.10 Å². The van der Waals surface area contributed by atoms with Crippen molar-refractivity contribution in [3.05, 3.63) is 42.7 Å². The predicted octanol–water partition coefficient (Wildman–Crippen LogP) is 2.61. The van der Waals surface area contributed by atoms with E-state index in [1.54, 1.807) is 0 Å². The summed E-state index contributed by atoms with van der Waals surface area (Å²) in [5.41, 5.74) is 4.19. The number of aromatic nitrogens is 3. The maximum absolute atomic E-state index is 4.86. The Labute approximate surface area is 154 Å². The minimum atomic E-state index is 0.466. The van der Waals surface area contributed by atoms with Crippen molar-refractivity contribution in [1.29, 1.82) is 0 Å². The molecule has 0 bridgehead atoms. The van der Waals surface area contributed by atoms with Gasteiger partial charge in [0, 0.05) is 42.5 Å². The summed E-state index contributed by atoms with van der Waals surface area (Å²) in [6.07, 6.45) is 5.13. The van der Waals surface area contributed by atoms with Crippen LogP contribution in [0.25, 0.3) is 22.2 Å². The molecule has 1 saturated heterocycles. The standard InChI is InChI=1S/C20H26N6/c1-25(2)9-5-8-22-20-10-19(24-18-7-4-3-6-17(18)20)15-11-23-26(14-15)16-12-21-13-16/h3-4,6-7,10-11,14,16,21H,5,8-9,12-13H2,1-2H3,(H,22,24). The summed E-state index contributed by atoms with van der Waals surface area (Å²) in [6.45, 7) is 4.00. The average molecular weight is 350 g/mol. The summed E-state index contributed by atoms with van der Waals surface area (Å²) >= 11 is 0. The second kappa shape index (κ2) is 7.43. The fourth-order valence-corrected chi connectivity index (χ4v) is 3.22. The summed E-state index contributed by atoms with van der Waals surface area (Å²) in [6, 6.07) is 10.9. The van der Waals surface area contributed by atoms with Gasteiger partial charge in [-0.1, -0.05) is 18.2 Å². The van der Waals surface area contributed by atoms with Gasteiger partial charge < -0.3 is 15.5 Å². The van der Waals surface area contributed by atoms with Crippen molar-refractivity contribution in [1.82, 2.24) is 25.0 Å². The topological polar surface area (TPSA) is 58.0 Å². The van der Waals surface area contributed by atoms with E-state index in [0.717, 1.165) is 60.4 Å². The normalized spacial score (nSPS) is 14.7. The quantitative estimate of drug-likeness (QED) is 0.642. The van der Waals surface area contributed by atoms with E-state index in [-0.39, 0.29) is 0 Å². The molecule has 1 aromatic carbocycles. The van der Waals surface area contributed by atoms with Crippen molar-refractivity contribution in [2.45, 2.75) is 12.5 Å². The van der Waals surface area contributed by atoms with Crippen LogP contribution in [0.1, 0.15) is 12.5 Å². The monoisotopic (exact) mass is 350 g/mol. The Morgan fingerprint density at radius 3 is 2.88 bits per heavy atom. The number of rotatable bonds is 7. The fraction of sp³-hybridized carbons (Fsp3) is 0.400. The Hall–Kier alpha value is -2.44. The first-order valence-corrected chi connectivity index (χ1v) is 9.24. The molecule has 3 aromatic rings. The summed E-state index contributed by atoms with van der Waals surface area (Å²) in [7, 11) is 4.21. The van der Waals surface area contributed by atoms with Crippen LogP contribution in [-0.4, -0.2) is 59.9 Å². The molecule has 3 heterocycles. The van der Waals surface area contributed by atoms with Gasteiger partial charge in [-0.15, -0.1) is 0 Å². The van der Waals surface area contributed by atoms with Gasteiger partial charge in [0.05, 0.1) is 23.4 Å². The lowest BCUT2D eigenvalue weighted by molar-refractivity contribution is 0.318. The lowest BCUT2D eigenvalue weighted by Gasteiger charge is -2.27. The molecule has 0 atom stereocenters. The molecule has 1 aliphatic heterocycles. The van der Waals surface area contributed by atoms with E-state index < -0.39 is 0 Å². The first-order chi connectivity index (χ1) is 12.7. The first kappa shape index (κ1) is 17.0. The number of pyridine rings is 1. The Kier molecular flexibility index (Phi) is 4.86. The van der Waals surface area contributed by atoms with Crippen molar-refractivity contribution in [3.8, 4) is 11.3 Å². The Morgan fingerprint density at radius 1 is 1.27 bits per heavy atom. The van der Waals surface area contributed by atoms with Crippen LogP contribution in [0, 0.1) is 0 Å². The summed E-state index contributed by atoms with van der Waals surface area (Å²) in [4.78, 5) is 7.07. The third-order valence-electron chi connectivity index (χ3n) is 4.85. The van der Waals surface area contributed by atoms with E-state index in [9.17, 15) is 0 Å². The van der Waals surface area contributed by atoms with Crippen molar-refractivity contribution < 1.29 is 0 Å². The van der Waals surface area contributed by atoms with Crippen LogP contribution in [-0.2, 0) is 0 Å². The zero-order valence-electron chi connectivity index (χ0n) is 15.4. The number of hydrogen-bond donors (Lipinski definition) is 2. The largest absolute Gasteiger partial charge is 0.384 e. The van der Waals surface area contributed by atoms with Crippen LogP contribution >= 0.6 is 0 Å². The van der Waals surface area contributed by atoms with Crippen LogP contribution < -0.4 is 10.6 Å². The van der Waals surface area contributed by atoms with E-state index in [4.69, 9.17) is 4.98 Å². The van der Waals surface area contributed by atoms with Crippen LogP contribution in [0.4, 0.5) is 5.69 Å². The lowest BCUT2D eigenvalue weighted by Crippen LogP contribution is -2.43. The molecule has 6 heteroatoms. The van der Waals surface area contributed by atoms with Crippen molar-refractivity contribution in [2.75, 3.05) is 45.6 Å². The summed E-state index contributed by atoms with van der Waals surface area (Å²) in [5.74, 6) is 0. The highest BCUT2D eigenvalue weighted by molar-refractivity contribution is 5.93. The molecule has 0 spiro atoms. The van der Waals surface area contributed by atoms with E-state index in [2.05, 4.69) is 65.2 Å². The number of anilines is 1. The predicted molar refractivity (Wildman–Crippen MR) is 107 cm³/mol. The third kappa shape index (κ3) is 3.57. The minimum Gasteiger partial charge on any atom is -0.384 e. The average Bonchev–Trinajstić information content (AvgIpc) is 3.06. The lowest BCUT2D eigenvalue weighted by atomic mass is 10.1. The Balaban J connectivity index is 1.61. The first-order valence-electron chi connectivity index (χ1n) is 9.24. The molecule has 2 N–H and O–H groups in total. The Morgan fingerprint density at radius 2 is 2.12 bits per heavy atom. The number of para-hydroxylation sites is 1. The van der Waals surface area contributed by atoms with E-state index in [1.807, 2.05) is 16.9 Å². The van der Waals surface area contributed by atoms with Gasteiger partial charge in [-0.3, -0.25) is 4.68 Å². The van der Waals surface area contributed by atoms with Crippen LogP contribution in [0.5, 0.6) is 0 Å². The third-order valence-corrected chi connectivity index (χ3v) is 4.85. The fourth-order valence-electron chi connectivity index (χ4n) is 3.22. The number of benzene rings is 1. The van der Waals surface area contributed by atoms with Crippen molar-refractivity contribution in [2.24, 2.45) is 0 Å². The maximum atomic E-state index is 4.86. The summed E-state index contributed by atoms with van der Waals surface area (Å²) < 4.78 is 2.05. The molecule has 26 heavy (non-hydrogen) atoms. The van der Waals surface area contributed by atoms with E-state index in [1.165, 1.54) is 0 Å². The summed E-state index contributed by atoms with van der Waals surface area (Å²) in [5, 5.41) is 12.6. The molecule has 136 valence electrons. The van der Waals surface area contributed by atoms with Crippen LogP contribution in [0.2, 0.25) is 0 Å². The van der Waals surface area contributed by atoms with Gasteiger partial charge in [0.1, 0.15) is 0 Å². The van der Waals surface area contributed by atoms with Gasteiger partial charge in [0.2, 0.25) is 0 Å². The van der Waals surface area contributed by atoms with Crippen LogP contribution in [0.3, 0.4) is 0 Å². The second-order valence-corrected chi connectivity index (χ2v) is 7.18. The number of fused-ring (bicyclic) bond motifs is 1. The van der Waals surface area contributed by atoms with Gasteiger partial charge in [0.15, 0.2) is 0 Å². The molecule has 4 rings (SSSR count). The SMILES string of the molecule is CN(C)CCCNc1cc(-c2cnn(C3CNC3)c2)nc2ccccc12. The zero-order chi connectivity index (χ0) is 17.9. The molecule has 0 radical (unpaired) electrons. The molecule has 0 aliphatic carbocycles. The molecule has 6 nitrogen and oxygen atoms in total. The smallest absolute Gasteiger partial charge is 0.0767 e. The van der Waals surface area contributed by atoms with Gasteiger partial charge in [-0.25, -0.2) is 4.98 Å². The number of nitrogens with zero attached hydrogens (tertiary/aromatic N) is 4. The maximum Gasteiger partial charge on any atom is 0.0767 e. The number of hydrogen-bond acceptors (Lipinski definition) is 5. The molecule has 0 amide bonds. The molecule has 1 fully saturated rings. The second-order valence-electron chi connectivity index (χ2n) is 7.18. The van der Waals surface area contributed by atoms with Gasteiger partial charge >= 0.3 is 0 Å². The molecule has 1 aliphatic rings. The van der Waals surface area contributed by atoms with Crippen LogP contribution in [0.15, 0.2) is 42.7 Å². The highest BCUT2D eigenvalue weighted by atomic mass is 15.3. The molecule has 0 unspecified atom stereocenters. The Bertz CT molecular complexity index is 881. The van der Waals surface area contributed by atoms with Gasteiger partial charge in [-0.05, 0) is 39.2 Å². The molecule has 0 saturated carbocycles. The van der Waals surface area contributed by atoms with E-state index >= 15 is 0 Å². The van der Waals surface area contributed by atoms with Crippen molar-refractivity contribution in [3.63, 3.8) is 0 Å². The number of nitrogens with one attached hydrogen (secondary N) is 2. The molecular weight excluding hydrogens is 324 g/mol. The van der Waals surface area contributed by atoms with Crippen molar-refractivity contribution >= 4 is 16.6 Å². The zero-order valence-corrected chi connectivity index (χ0v) is 15.4. The minimum absolute atomic E-state index is 0.466. The highest BCUT2D eigenvalue weighted by Gasteiger charge is 2.20. The van der Waals surface area contributed by atoms with E-state index in [0.29, 0.717) is 6.04 Å². The van der Waals surface area contributed by atoms with Gasteiger partial charge in [0.25, 0.3) is 0 Å².